The van der Waals surface area contributed by atoms with Gasteiger partial charge in [-0.05, 0) is 36.8 Å². The highest BCUT2D eigenvalue weighted by Crippen LogP contribution is 2.37. The summed E-state index contributed by atoms with van der Waals surface area (Å²) in [6.45, 7) is 1.87. The minimum atomic E-state index is 0.242. The van der Waals surface area contributed by atoms with Gasteiger partial charge in [0.2, 0.25) is 5.88 Å². The molecule has 2 N–H and O–H groups in total. The fourth-order valence-corrected chi connectivity index (χ4v) is 2.15. The number of nitrogens with zero attached hydrogens (tertiary/aromatic N) is 1. The third-order valence-corrected chi connectivity index (χ3v) is 3.04. The molecule has 3 aromatic rings. The molecule has 0 radical (unpaired) electrons. The number of nitrogen functional groups attached to an aromatic ring is 1. The second kappa shape index (κ2) is 4.48. The fraction of sp³-hybridized carbons (Fsp3) is 0.0714. The van der Waals surface area contributed by atoms with E-state index in [1.807, 2.05) is 37.3 Å². The molecular weight excluding hydrogens is 264 g/mol. The molecule has 5 heteroatoms. The zero-order valence-corrected chi connectivity index (χ0v) is 10.9. The average Bonchev–Trinajstić information content (AvgIpc) is 2.95. The number of aryl methyl sites for hydroxylation is 1. The van der Waals surface area contributed by atoms with E-state index in [9.17, 15) is 0 Å². The Morgan fingerprint density at radius 1 is 1.21 bits per heavy atom. The first-order chi connectivity index (χ1) is 9.15. The SMILES string of the molecule is Cc1ccc(-c2noc(N)c2-c2cccc(Cl)c2)o1. The van der Waals surface area contributed by atoms with Gasteiger partial charge >= 0.3 is 0 Å². The molecule has 0 fully saturated rings. The van der Waals surface area contributed by atoms with Gasteiger partial charge < -0.3 is 14.7 Å². The minimum absolute atomic E-state index is 0.242. The van der Waals surface area contributed by atoms with Crippen molar-refractivity contribution in [2.75, 3.05) is 5.73 Å². The molecule has 0 atom stereocenters. The molecule has 0 saturated heterocycles. The third-order valence-electron chi connectivity index (χ3n) is 2.81. The lowest BCUT2D eigenvalue weighted by Crippen LogP contribution is -1.87. The van der Waals surface area contributed by atoms with Crippen LogP contribution in [0, 0.1) is 6.92 Å². The minimum Gasteiger partial charge on any atom is -0.460 e. The molecule has 0 saturated carbocycles. The van der Waals surface area contributed by atoms with Crippen molar-refractivity contribution in [1.82, 2.24) is 5.16 Å². The Morgan fingerprint density at radius 2 is 2.05 bits per heavy atom. The van der Waals surface area contributed by atoms with Gasteiger partial charge in [-0.15, -0.1) is 0 Å². The smallest absolute Gasteiger partial charge is 0.230 e. The van der Waals surface area contributed by atoms with E-state index in [1.54, 1.807) is 6.07 Å². The zero-order chi connectivity index (χ0) is 13.4. The molecule has 4 nitrogen and oxygen atoms in total. The Labute approximate surface area is 114 Å². The highest BCUT2D eigenvalue weighted by molar-refractivity contribution is 6.30. The molecule has 0 aliphatic carbocycles. The van der Waals surface area contributed by atoms with Crippen LogP contribution in [0.4, 0.5) is 5.88 Å². The zero-order valence-electron chi connectivity index (χ0n) is 10.2. The highest BCUT2D eigenvalue weighted by Gasteiger charge is 2.19. The maximum atomic E-state index is 6.00. The Morgan fingerprint density at radius 3 is 2.74 bits per heavy atom. The van der Waals surface area contributed by atoms with Crippen molar-refractivity contribution in [1.29, 1.82) is 0 Å². The van der Waals surface area contributed by atoms with Crippen molar-refractivity contribution in [2.45, 2.75) is 6.92 Å². The molecular formula is C14H11ClN2O2. The van der Waals surface area contributed by atoms with Crippen molar-refractivity contribution >= 4 is 17.5 Å². The lowest BCUT2D eigenvalue weighted by atomic mass is 10.0. The predicted molar refractivity (Wildman–Crippen MR) is 73.8 cm³/mol. The van der Waals surface area contributed by atoms with E-state index in [0.29, 0.717) is 22.0 Å². The van der Waals surface area contributed by atoms with Crippen molar-refractivity contribution in [3.63, 3.8) is 0 Å². The monoisotopic (exact) mass is 274 g/mol. The molecule has 19 heavy (non-hydrogen) atoms. The predicted octanol–water partition coefficient (Wildman–Crippen LogP) is 4.15. The number of nitrogens with two attached hydrogens (primary N) is 1. The van der Waals surface area contributed by atoms with Gasteiger partial charge in [0, 0.05) is 5.02 Å². The van der Waals surface area contributed by atoms with Crippen LogP contribution in [0.1, 0.15) is 5.76 Å². The topological polar surface area (TPSA) is 65.2 Å². The van der Waals surface area contributed by atoms with Crippen LogP contribution in [0.3, 0.4) is 0 Å². The third kappa shape index (κ3) is 2.11. The first kappa shape index (κ1) is 11.9. The summed E-state index contributed by atoms with van der Waals surface area (Å²) in [5.74, 6) is 1.66. The van der Waals surface area contributed by atoms with E-state index in [0.717, 1.165) is 11.3 Å². The van der Waals surface area contributed by atoms with Crippen molar-refractivity contribution in [2.24, 2.45) is 0 Å². The molecule has 0 aliphatic rings. The lowest BCUT2D eigenvalue weighted by Gasteiger charge is -2.01. The van der Waals surface area contributed by atoms with Gasteiger partial charge in [0.15, 0.2) is 11.5 Å². The van der Waals surface area contributed by atoms with E-state index < -0.39 is 0 Å². The summed E-state index contributed by atoms with van der Waals surface area (Å²) >= 11 is 6.00. The Kier molecular flexibility index (Phi) is 2.80. The number of furan rings is 1. The summed E-state index contributed by atoms with van der Waals surface area (Å²) in [4.78, 5) is 0. The van der Waals surface area contributed by atoms with Gasteiger partial charge in [0.05, 0.1) is 5.56 Å². The number of benzene rings is 1. The maximum absolute atomic E-state index is 6.00. The summed E-state index contributed by atoms with van der Waals surface area (Å²) in [7, 11) is 0. The van der Waals surface area contributed by atoms with E-state index in [1.165, 1.54) is 0 Å². The lowest BCUT2D eigenvalue weighted by molar-refractivity contribution is 0.435. The highest BCUT2D eigenvalue weighted by atomic mass is 35.5. The van der Waals surface area contributed by atoms with Crippen molar-refractivity contribution < 1.29 is 8.94 Å². The van der Waals surface area contributed by atoms with Crippen LogP contribution in [0.2, 0.25) is 5.02 Å². The number of hydrogen-bond acceptors (Lipinski definition) is 4. The Bertz CT molecular complexity index is 731. The summed E-state index contributed by atoms with van der Waals surface area (Å²) in [5.41, 5.74) is 7.96. The number of aromatic nitrogens is 1. The molecule has 0 spiro atoms. The van der Waals surface area contributed by atoms with Crippen LogP contribution >= 0.6 is 11.6 Å². The fourth-order valence-electron chi connectivity index (χ4n) is 1.96. The number of anilines is 1. The molecule has 3 rings (SSSR count). The molecule has 0 unspecified atom stereocenters. The maximum Gasteiger partial charge on any atom is 0.230 e. The van der Waals surface area contributed by atoms with Crippen molar-refractivity contribution in [3.8, 4) is 22.6 Å². The first-order valence-electron chi connectivity index (χ1n) is 5.73. The van der Waals surface area contributed by atoms with E-state index in [-0.39, 0.29) is 5.88 Å². The number of rotatable bonds is 2. The largest absolute Gasteiger partial charge is 0.460 e. The number of hydrogen-bond donors (Lipinski definition) is 1. The summed E-state index contributed by atoms with van der Waals surface area (Å²) in [6.07, 6.45) is 0. The van der Waals surface area contributed by atoms with Crippen LogP contribution in [-0.2, 0) is 0 Å². The van der Waals surface area contributed by atoms with Crippen LogP contribution < -0.4 is 5.73 Å². The normalized spacial score (nSPS) is 10.8. The molecule has 2 aromatic heterocycles. The van der Waals surface area contributed by atoms with Gasteiger partial charge in [0.1, 0.15) is 5.76 Å². The van der Waals surface area contributed by atoms with Crippen LogP contribution in [-0.4, -0.2) is 5.16 Å². The molecule has 0 aliphatic heterocycles. The van der Waals surface area contributed by atoms with Crippen LogP contribution in [0.25, 0.3) is 22.6 Å². The second-order valence-corrected chi connectivity index (χ2v) is 4.63. The summed E-state index contributed by atoms with van der Waals surface area (Å²) < 4.78 is 10.6. The molecule has 2 heterocycles. The van der Waals surface area contributed by atoms with E-state index >= 15 is 0 Å². The van der Waals surface area contributed by atoms with Gasteiger partial charge in [-0.25, -0.2) is 0 Å². The average molecular weight is 275 g/mol. The van der Waals surface area contributed by atoms with Crippen LogP contribution in [0.15, 0.2) is 45.3 Å². The second-order valence-electron chi connectivity index (χ2n) is 4.19. The molecule has 0 bridgehead atoms. The molecule has 96 valence electrons. The first-order valence-corrected chi connectivity index (χ1v) is 6.11. The van der Waals surface area contributed by atoms with Gasteiger partial charge in [-0.2, -0.15) is 0 Å². The van der Waals surface area contributed by atoms with Crippen molar-refractivity contribution in [3.05, 3.63) is 47.2 Å². The van der Waals surface area contributed by atoms with E-state index in [2.05, 4.69) is 5.16 Å². The quantitative estimate of drug-likeness (QED) is 0.762. The molecule has 1 aromatic carbocycles. The standard InChI is InChI=1S/C14H11ClN2O2/c1-8-5-6-11(18-8)13-12(14(16)19-17-13)9-3-2-4-10(15)7-9/h2-7H,16H2,1H3. The Balaban J connectivity index is 2.19. The molecule has 0 amide bonds. The Hall–Kier alpha value is -2.20. The van der Waals surface area contributed by atoms with Gasteiger partial charge in [-0.1, -0.05) is 28.9 Å². The number of halogens is 1. The summed E-state index contributed by atoms with van der Waals surface area (Å²) in [5, 5.41) is 4.59. The van der Waals surface area contributed by atoms with Gasteiger partial charge in [-0.3, -0.25) is 0 Å². The van der Waals surface area contributed by atoms with E-state index in [4.69, 9.17) is 26.3 Å². The van der Waals surface area contributed by atoms with Crippen LogP contribution in [0.5, 0.6) is 0 Å². The summed E-state index contributed by atoms with van der Waals surface area (Å²) in [6, 6.07) is 11.0. The van der Waals surface area contributed by atoms with Gasteiger partial charge in [0.25, 0.3) is 0 Å².